The van der Waals surface area contributed by atoms with Crippen molar-refractivity contribution >= 4 is 15.9 Å². The molecule has 0 aliphatic rings. The fourth-order valence-electron chi connectivity index (χ4n) is 1.32. The maximum Gasteiger partial charge on any atom is 0.139 e. The Hall–Kier alpha value is -0.570. The van der Waals surface area contributed by atoms with Crippen LogP contribution in [-0.4, -0.2) is 7.11 Å². The molecule has 0 unspecified atom stereocenters. The zero-order chi connectivity index (χ0) is 10.9. The molecule has 78 valence electrons. The molecule has 0 fully saturated rings. The van der Waals surface area contributed by atoms with Crippen LogP contribution < -0.4 is 4.74 Å². The van der Waals surface area contributed by atoms with E-state index >= 15 is 0 Å². The minimum absolute atomic E-state index is 0.567. The number of ether oxygens (including phenoxy) is 1. The first-order chi connectivity index (χ1) is 6.38. The molecule has 1 rings (SSSR count). The lowest BCUT2D eigenvalue weighted by atomic mass is 9.98. The van der Waals surface area contributed by atoms with Gasteiger partial charge in [-0.25, -0.2) is 4.39 Å². The lowest BCUT2D eigenvalue weighted by Crippen LogP contribution is -2.11. The van der Waals surface area contributed by atoms with Crippen LogP contribution in [-0.2, 0) is 5.67 Å². The van der Waals surface area contributed by atoms with Gasteiger partial charge in [0.05, 0.1) is 11.6 Å². The molecule has 0 bridgehead atoms. The quantitative estimate of drug-likeness (QED) is 0.782. The van der Waals surface area contributed by atoms with Crippen molar-refractivity contribution in [1.29, 1.82) is 0 Å². The zero-order valence-corrected chi connectivity index (χ0v) is 10.4. The van der Waals surface area contributed by atoms with Gasteiger partial charge in [-0.05, 0) is 42.3 Å². The summed E-state index contributed by atoms with van der Waals surface area (Å²) < 4.78 is 19.8. The fourth-order valence-corrected chi connectivity index (χ4v) is 1.83. The number of aryl methyl sites for hydroxylation is 1. The second kappa shape index (κ2) is 3.89. The number of halogens is 2. The molecule has 0 saturated heterocycles. The van der Waals surface area contributed by atoms with Crippen molar-refractivity contribution in [2.45, 2.75) is 26.4 Å². The first-order valence-corrected chi connectivity index (χ1v) is 5.19. The van der Waals surface area contributed by atoms with Gasteiger partial charge in [0, 0.05) is 5.56 Å². The summed E-state index contributed by atoms with van der Waals surface area (Å²) in [6, 6.07) is 3.64. The smallest absolute Gasteiger partial charge is 0.139 e. The van der Waals surface area contributed by atoms with E-state index in [0.29, 0.717) is 11.3 Å². The molecule has 0 heterocycles. The van der Waals surface area contributed by atoms with Gasteiger partial charge in [-0.2, -0.15) is 0 Å². The average molecular weight is 261 g/mol. The number of alkyl halides is 1. The standard InChI is InChI=1S/C11H14BrFO/c1-7-5-6-8(11(2,3)13)10(14-4)9(7)12/h5-6H,1-4H3. The fraction of sp³-hybridized carbons (Fsp3) is 0.455. The van der Waals surface area contributed by atoms with Gasteiger partial charge in [-0.3, -0.25) is 0 Å². The maximum atomic E-state index is 13.8. The van der Waals surface area contributed by atoms with Gasteiger partial charge in [-0.1, -0.05) is 12.1 Å². The Morgan fingerprint density at radius 1 is 1.36 bits per heavy atom. The van der Waals surface area contributed by atoms with E-state index in [4.69, 9.17) is 4.74 Å². The van der Waals surface area contributed by atoms with Crippen LogP contribution in [0.3, 0.4) is 0 Å². The normalized spacial score (nSPS) is 11.6. The predicted octanol–water partition coefficient (Wildman–Crippen LogP) is 3.97. The number of hydrogen-bond acceptors (Lipinski definition) is 1. The summed E-state index contributed by atoms with van der Waals surface area (Å²) in [5.41, 5.74) is 0.217. The summed E-state index contributed by atoms with van der Waals surface area (Å²) in [5, 5.41) is 0. The number of rotatable bonds is 2. The van der Waals surface area contributed by atoms with E-state index in [1.165, 1.54) is 13.8 Å². The van der Waals surface area contributed by atoms with E-state index < -0.39 is 5.67 Å². The molecule has 0 aliphatic heterocycles. The van der Waals surface area contributed by atoms with Gasteiger partial charge in [-0.15, -0.1) is 0 Å². The van der Waals surface area contributed by atoms with Crippen molar-refractivity contribution in [1.82, 2.24) is 0 Å². The molecule has 0 amide bonds. The second-order valence-corrected chi connectivity index (χ2v) is 4.54. The van der Waals surface area contributed by atoms with Crippen LogP contribution in [0.1, 0.15) is 25.0 Å². The molecule has 14 heavy (non-hydrogen) atoms. The SMILES string of the molecule is COc1c(C(C)(C)F)ccc(C)c1Br. The maximum absolute atomic E-state index is 13.8. The first kappa shape index (κ1) is 11.5. The van der Waals surface area contributed by atoms with Crippen LogP contribution in [0.2, 0.25) is 0 Å². The third-order valence-corrected chi connectivity index (χ3v) is 3.12. The highest BCUT2D eigenvalue weighted by molar-refractivity contribution is 9.10. The van der Waals surface area contributed by atoms with E-state index in [9.17, 15) is 4.39 Å². The molecule has 1 nitrogen and oxygen atoms in total. The largest absolute Gasteiger partial charge is 0.495 e. The van der Waals surface area contributed by atoms with Crippen molar-refractivity contribution in [3.63, 3.8) is 0 Å². The molecule has 0 N–H and O–H groups in total. The minimum Gasteiger partial charge on any atom is -0.495 e. The molecule has 0 atom stereocenters. The molecule has 0 aliphatic carbocycles. The zero-order valence-electron chi connectivity index (χ0n) is 8.82. The minimum atomic E-state index is -1.39. The molecule has 0 radical (unpaired) electrons. The lowest BCUT2D eigenvalue weighted by Gasteiger charge is -2.20. The number of methoxy groups -OCH3 is 1. The average Bonchev–Trinajstić information content (AvgIpc) is 2.07. The lowest BCUT2D eigenvalue weighted by molar-refractivity contribution is 0.213. The number of benzene rings is 1. The summed E-state index contributed by atoms with van der Waals surface area (Å²) >= 11 is 3.39. The highest BCUT2D eigenvalue weighted by atomic mass is 79.9. The second-order valence-electron chi connectivity index (χ2n) is 3.75. The molecule has 0 aromatic heterocycles. The third kappa shape index (κ3) is 2.08. The predicted molar refractivity (Wildman–Crippen MR) is 59.6 cm³/mol. The molecule has 1 aromatic rings. The highest BCUT2D eigenvalue weighted by Crippen LogP contribution is 2.39. The summed E-state index contributed by atoms with van der Waals surface area (Å²) in [4.78, 5) is 0. The van der Waals surface area contributed by atoms with Gasteiger partial charge in [0.2, 0.25) is 0 Å². The van der Waals surface area contributed by atoms with Gasteiger partial charge >= 0.3 is 0 Å². The van der Waals surface area contributed by atoms with Crippen molar-refractivity contribution in [3.8, 4) is 5.75 Å². The van der Waals surface area contributed by atoms with Gasteiger partial charge in [0.1, 0.15) is 11.4 Å². The Morgan fingerprint density at radius 2 is 1.93 bits per heavy atom. The Kier molecular flexibility index (Phi) is 3.20. The molecule has 0 spiro atoms. The molecule has 1 aromatic carbocycles. The van der Waals surface area contributed by atoms with Crippen molar-refractivity contribution in [2.75, 3.05) is 7.11 Å². The first-order valence-electron chi connectivity index (χ1n) is 4.40. The Labute approximate surface area is 92.4 Å². The van der Waals surface area contributed by atoms with E-state index in [-0.39, 0.29) is 0 Å². The van der Waals surface area contributed by atoms with Crippen molar-refractivity contribution in [2.24, 2.45) is 0 Å². The van der Waals surface area contributed by atoms with E-state index in [2.05, 4.69) is 15.9 Å². The van der Waals surface area contributed by atoms with Crippen molar-refractivity contribution in [3.05, 3.63) is 27.7 Å². The topological polar surface area (TPSA) is 9.23 Å². The summed E-state index contributed by atoms with van der Waals surface area (Å²) in [6.45, 7) is 4.99. The van der Waals surface area contributed by atoms with Crippen LogP contribution in [0.25, 0.3) is 0 Å². The monoisotopic (exact) mass is 260 g/mol. The van der Waals surface area contributed by atoms with Crippen LogP contribution in [0.4, 0.5) is 4.39 Å². The molecule has 3 heteroatoms. The van der Waals surface area contributed by atoms with E-state index in [1.54, 1.807) is 13.2 Å². The Bertz CT molecular complexity index is 342. The molecule has 0 saturated carbocycles. The highest BCUT2D eigenvalue weighted by Gasteiger charge is 2.25. The Balaban J connectivity index is 3.39. The number of hydrogen-bond donors (Lipinski definition) is 0. The summed E-state index contributed by atoms with van der Waals surface area (Å²) in [7, 11) is 1.55. The van der Waals surface area contributed by atoms with Crippen LogP contribution in [0.5, 0.6) is 5.75 Å². The van der Waals surface area contributed by atoms with Crippen molar-refractivity contribution < 1.29 is 9.13 Å². The molecular weight excluding hydrogens is 247 g/mol. The Morgan fingerprint density at radius 3 is 2.36 bits per heavy atom. The molecular formula is C11H14BrFO. The van der Waals surface area contributed by atoms with Crippen LogP contribution in [0, 0.1) is 6.92 Å². The summed E-state index contributed by atoms with van der Waals surface area (Å²) in [6.07, 6.45) is 0. The summed E-state index contributed by atoms with van der Waals surface area (Å²) in [5.74, 6) is 0.581. The van der Waals surface area contributed by atoms with Crippen LogP contribution in [0.15, 0.2) is 16.6 Å². The van der Waals surface area contributed by atoms with Crippen LogP contribution >= 0.6 is 15.9 Å². The third-order valence-electron chi connectivity index (χ3n) is 2.13. The van der Waals surface area contributed by atoms with Gasteiger partial charge in [0.15, 0.2) is 0 Å². The van der Waals surface area contributed by atoms with E-state index in [1.807, 2.05) is 13.0 Å². The van der Waals surface area contributed by atoms with Gasteiger partial charge in [0.25, 0.3) is 0 Å². The van der Waals surface area contributed by atoms with E-state index in [0.717, 1.165) is 10.0 Å². The van der Waals surface area contributed by atoms with Gasteiger partial charge < -0.3 is 4.74 Å².